The summed E-state index contributed by atoms with van der Waals surface area (Å²) in [6.45, 7) is 4.48. The molecule has 0 saturated carbocycles. The molecule has 2 aliphatic heterocycles. The van der Waals surface area contributed by atoms with Gasteiger partial charge in [-0.25, -0.2) is 9.79 Å². The number of thiazole rings is 1. The van der Waals surface area contributed by atoms with Gasteiger partial charge in [0.15, 0.2) is 16.3 Å². The first-order valence-corrected chi connectivity index (χ1v) is 14.9. The van der Waals surface area contributed by atoms with Crippen molar-refractivity contribution in [2.45, 2.75) is 52.0 Å². The first kappa shape index (κ1) is 29.3. The first-order chi connectivity index (χ1) is 20.4. The van der Waals surface area contributed by atoms with E-state index in [-0.39, 0.29) is 11.5 Å². The summed E-state index contributed by atoms with van der Waals surface area (Å²) in [4.78, 5) is 48.2. The van der Waals surface area contributed by atoms with E-state index in [1.807, 2.05) is 24.3 Å². The van der Waals surface area contributed by atoms with Crippen molar-refractivity contribution in [2.24, 2.45) is 4.99 Å². The Morgan fingerprint density at radius 1 is 0.976 bits per heavy atom. The molecule has 2 aliphatic rings. The minimum atomic E-state index is -0.843. The van der Waals surface area contributed by atoms with E-state index in [2.05, 4.69) is 11.9 Å². The van der Waals surface area contributed by atoms with E-state index in [0.29, 0.717) is 44.2 Å². The lowest BCUT2D eigenvalue weighted by molar-refractivity contribution is -0.136. The molecule has 1 atom stereocenters. The average Bonchev–Trinajstić information content (AvgIpc) is 3.47. The molecule has 1 amide bonds. The molecule has 2 aromatic carbocycles. The van der Waals surface area contributed by atoms with Crippen LogP contribution in [-0.4, -0.2) is 44.3 Å². The molecule has 10 heteroatoms. The third-order valence-corrected chi connectivity index (χ3v) is 8.81. The summed E-state index contributed by atoms with van der Waals surface area (Å²) in [5.41, 5.74) is 2.80. The predicted molar refractivity (Wildman–Crippen MR) is 162 cm³/mol. The Balaban J connectivity index is 1.69. The molecule has 220 valence electrons. The highest BCUT2D eigenvalue weighted by Crippen LogP contribution is 2.37. The van der Waals surface area contributed by atoms with Gasteiger partial charge in [-0.3, -0.25) is 14.2 Å². The standard InChI is InChI=1S/C32H35N3O6S/c1-6-7-8-9-12-17-34-22-14-11-10-13-21(22)26(29(34)36)28-30(37)35-27(20-15-16-23(39-3)24(18-20)40-4)25(31(38)41-5)19(2)33-32(35)42-28/h10-11,13-16,18,27H,6-9,12,17H2,1-5H3/b28-26-. The number of para-hydroxylation sites is 1. The summed E-state index contributed by atoms with van der Waals surface area (Å²) in [7, 11) is 4.36. The molecule has 3 aromatic rings. The number of ether oxygens (including phenoxy) is 3. The van der Waals surface area contributed by atoms with Gasteiger partial charge in [-0.1, -0.05) is 68.2 Å². The predicted octanol–water partition coefficient (Wildman–Crippen LogP) is 4.11. The van der Waals surface area contributed by atoms with Crippen molar-refractivity contribution in [2.75, 3.05) is 32.8 Å². The van der Waals surface area contributed by atoms with Gasteiger partial charge in [0.2, 0.25) is 0 Å². The molecule has 1 unspecified atom stereocenters. The number of amides is 1. The van der Waals surface area contributed by atoms with Crippen molar-refractivity contribution in [3.8, 4) is 11.5 Å². The molecule has 5 rings (SSSR count). The van der Waals surface area contributed by atoms with Gasteiger partial charge in [0.25, 0.3) is 11.5 Å². The van der Waals surface area contributed by atoms with Gasteiger partial charge in [-0.2, -0.15) is 0 Å². The molecule has 0 N–H and O–H groups in total. The van der Waals surface area contributed by atoms with E-state index >= 15 is 0 Å². The summed E-state index contributed by atoms with van der Waals surface area (Å²) in [6.07, 6.45) is 5.38. The summed E-state index contributed by atoms with van der Waals surface area (Å²) in [6, 6.07) is 12.0. The maximum absolute atomic E-state index is 14.3. The van der Waals surface area contributed by atoms with Crippen LogP contribution in [0.25, 0.3) is 5.57 Å². The number of methoxy groups -OCH3 is 3. The maximum Gasteiger partial charge on any atom is 0.338 e. The van der Waals surface area contributed by atoms with Crippen LogP contribution in [0.1, 0.15) is 63.1 Å². The van der Waals surface area contributed by atoms with Gasteiger partial charge in [0, 0.05) is 12.1 Å². The number of aromatic nitrogens is 1. The summed E-state index contributed by atoms with van der Waals surface area (Å²) in [5, 5.41) is 0. The SMILES string of the molecule is CCCCCCCN1C(=O)/C(=c2\sc3n(c2=O)C(c2ccc(OC)c(OC)c2)C(C(=O)OC)=C(C)N=3)c2ccccc21. The Bertz CT molecular complexity index is 1750. The van der Waals surface area contributed by atoms with Crippen LogP contribution in [0.3, 0.4) is 0 Å². The number of rotatable bonds is 10. The van der Waals surface area contributed by atoms with Gasteiger partial charge in [0.05, 0.1) is 49.9 Å². The molecule has 9 nitrogen and oxygen atoms in total. The number of carbonyl (C=O) groups excluding carboxylic acids is 2. The fourth-order valence-electron chi connectivity index (χ4n) is 5.68. The highest BCUT2D eigenvalue weighted by atomic mass is 32.1. The Kier molecular flexibility index (Phi) is 8.63. The van der Waals surface area contributed by atoms with E-state index in [4.69, 9.17) is 14.2 Å². The molecule has 0 bridgehead atoms. The number of fused-ring (bicyclic) bond motifs is 2. The van der Waals surface area contributed by atoms with Gasteiger partial charge in [-0.05, 0) is 37.1 Å². The van der Waals surface area contributed by atoms with Crippen LogP contribution in [0.15, 0.2) is 63.5 Å². The lowest BCUT2D eigenvalue weighted by Gasteiger charge is -2.25. The van der Waals surface area contributed by atoms with Crippen molar-refractivity contribution in [1.82, 2.24) is 4.57 Å². The number of nitrogens with zero attached hydrogens (tertiary/aromatic N) is 3. The normalized spacial score (nSPS) is 17.1. The van der Waals surface area contributed by atoms with Crippen molar-refractivity contribution in [3.05, 3.63) is 84.5 Å². The molecular weight excluding hydrogens is 554 g/mol. The van der Waals surface area contributed by atoms with Crippen LogP contribution in [0.2, 0.25) is 0 Å². The molecule has 3 heterocycles. The van der Waals surface area contributed by atoms with Gasteiger partial charge in [0.1, 0.15) is 4.53 Å². The van der Waals surface area contributed by atoms with Crippen LogP contribution < -0.4 is 29.3 Å². The zero-order valence-corrected chi connectivity index (χ0v) is 25.4. The van der Waals surface area contributed by atoms with Crippen molar-refractivity contribution in [3.63, 3.8) is 0 Å². The Morgan fingerprint density at radius 2 is 1.71 bits per heavy atom. The second kappa shape index (κ2) is 12.4. The lowest BCUT2D eigenvalue weighted by Crippen LogP contribution is -2.41. The van der Waals surface area contributed by atoms with E-state index < -0.39 is 17.6 Å². The van der Waals surface area contributed by atoms with E-state index in [9.17, 15) is 14.4 Å². The highest BCUT2D eigenvalue weighted by Gasteiger charge is 2.37. The second-order valence-corrected chi connectivity index (χ2v) is 11.2. The molecule has 0 spiro atoms. The zero-order valence-electron chi connectivity index (χ0n) is 24.6. The van der Waals surface area contributed by atoms with E-state index in [1.54, 1.807) is 30.0 Å². The van der Waals surface area contributed by atoms with Gasteiger partial charge >= 0.3 is 5.97 Å². The highest BCUT2D eigenvalue weighted by molar-refractivity contribution is 7.07. The van der Waals surface area contributed by atoms with Crippen LogP contribution in [-0.2, 0) is 14.3 Å². The summed E-state index contributed by atoms with van der Waals surface area (Å²) >= 11 is 1.16. The molecule has 0 saturated heterocycles. The molecule has 0 radical (unpaired) electrons. The second-order valence-electron chi connectivity index (χ2n) is 10.3. The smallest absolute Gasteiger partial charge is 0.338 e. The van der Waals surface area contributed by atoms with Crippen LogP contribution in [0.5, 0.6) is 11.5 Å². The molecular formula is C32H35N3O6S. The largest absolute Gasteiger partial charge is 0.493 e. The number of hydrogen-bond donors (Lipinski definition) is 0. The van der Waals surface area contributed by atoms with Gasteiger partial charge in [-0.15, -0.1) is 0 Å². The zero-order chi connectivity index (χ0) is 30.0. The summed E-state index contributed by atoms with van der Waals surface area (Å²) < 4.78 is 17.8. The minimum Gasteiger partial charge on any atom is -0.493 e. The third-order valence-electron chi connectivity index (χ3n) is 7.76. The molecule has 1 aromatic heterocycles. The van der Waals surface area contributed by atoms with Crippen molar-refractivity contribution >= 4 is 34.5 Å². The minimum absolute atomic E-state index is 0.191. The Morgan fingerprint density at radius 3 is 2.43 bits per heavy atom. The number of allylic oxidation sites excluding steroid dienone is 1. The van der Waals surface area contributed by atoms with Crippen LogP contribution >= 0.6 is 11.3 Å². The number of carbonyl (C=O) groups is 2. The molecule has 0 aliphatic carbocycles. The van der Waals surface area contributed by atoms with Crippen LogP contribution in [0.4, 0.5) is 5.69 Å². The molecule has 0 fully saturated rings. The van der Waals surface area contributed by atoms with E-state index in [1.165, 1.54) is 32.3 Å². The van der Waals surface area contributed by atoms with Crippen molar-refractivity contribution in [1.29, 1.82) is 0 Å². The van der Waals surface area contributed by atoms with Crippen molar-refractivity contribution < 1.29 is 23.8 Å². The Labute approximate surface area is 248 Å². The van der Waals surface area contributed by atoms with Gasteiger partial charge < -0.3 is 19.1 Å². The fourth-order valence-corrected chi connectivity index (χ4v) is 6.81. The fraction of sp³-hybridized carbons (Fsp3) is 0.375. The van der Waals surface area contributed by atoms with E-state index in [0.717, 1.165) is 48.3 Å². The topological polar surface area (TPSA) is 99.4 Å². The summed E-state index contributed by atoms with van der Waals surface area (Å²) in [5.74, 6) is 0.182. The van der Waals surface area contributed by atoms with Crippen LogP contribution in [0, 0.1) is 0 Å². The first-order valence-electron chi connectivity index (χ1n) is 14.1. The number of esters is 1. The monoisotopic (exact) mass is 589 g/mol. The number of unbranched alkanes of at least 4 members (excludes halogenated alkanes) is 4. The number of hydrogen-bond acceptors (Lipinski definition) is 8. The third kappa shape index (κ3) is 5.04. The number of benzene rings is 2. The molecule has 42 heavy (non-hydrogen) atoms. The quantitative estimate of drug-likeness (QED) is 0.261. The average molecular weight is 590 g/mol. The lowest BCUT2D eigenvalue weighted by atomic mass is 9.95. The number of anilines is 1. The Hall–Kier alpha value is -4.18. The maximum atomic E-state index is 14.3.